The molecule has 1 unspecified atom stereocenters. The van der Waals surface area contributed by atoms with E-state index < -0.39 is 33.3 Å². The maximum atomic E-state index is 12.9. The van der Waals surface area contributed by atoms with Crippen LogP contribution in [0.2, 0.25) is 0 Å². The van der Waals surface area contributed by atoms with Crippen molar-refractivity contribution in [2.75, 3.05) is 6.54 Å². The highest BCUT2D eigenvalue weighted by molar-refractivity contribution is 7.93. The van der Waals surface area contributed by atoms with Gasteiger partial charge >= 0.3 is 0 Å². The fourth-order valence-corrected chi connectivity index (χ4v) is 2.94. The summed E-state index contributed by atoms with van der Waals surface area (Å²) in [7, 11) is -3.68. The van der Waals surface area contributed by atoms with Gasteiger partial charge in [-0.3, -0.25) is 0 Å². The van der Waals surface area contributed by atoms with Crippen LogP contribution in [0.1, 0.15) is 5.56 Å². The van der Waals surface area contributed by atoms with Gasteiger partial charge in [0.05, 0.1) is 16.9 Å². The first-order valence-electron chi connectivity index (χ1n) is 5.17. The van der Waals surface area contributed by atoms with Crippen LogP contribution >= 0.6 is 0 Å². The summed E-state index contributed by atoms with van der Waals surface area (Å²) in [5.74, 6) is -2.16. The Morgan fingerprint density at radius 2 is 1.94 bits per heavy atom. The van der Waals surface area contributed by atoms with E-state index in [9.17, 15) is 22.3 Å². The molecule has 0 saturated carbocycles. The average molecular weight is 275 g/mol. The highest BCUT2D eigenvalue weighted by Crippen LogP contribution is 2.16. The molecule has 1 atom stereocenters. The minimum Gasteiger partial charge on any atom is -0.385 e. The summed E-state index contributed by atoms with van der Waals surface area (Å²) in [5, 5.41) is 12.7. The number of aliphatic hydroxyl groups is 1. The fraction of sp³-hybridized carbons (Fsp3) is 0.273. The highest BCUT2D eigenvalue weighted by Gasteiger charge is 2.23. The molecule has 1 aliphatic rings. The summed E-state index contributed by atoms with van der Waals surface area (Å²) in [6.07, 6.45) is -0.816. The Bertz CT molecular complexity index is 578. The lowest BCUT2D eigenvalue weighted by molar-refractivity contribution is 0.159. The third-order valence-corrected chi connectivity index (χ3v) is 3.80. The van der Waals surface area contributed by atoms with Crippen LogP contribution in [0.25, 0.3) is 0 Å². The third kappa shape index (κ3) is 3.05. The van der Waals surface area contributed by atoms with E-state index in [1.54, 1.807) is 0 Å². The average Bonchev–Trinajstić information content (AvgIpc) is 2.22. The van der Waals surface area contributed by atoms with Gasteiger partial charge in [-0.25, -0.2) is 17.2 Å². The monoisotopic (exact) mass is 275 g/mol. The Morgan fingerprint density at radius 3 is 2.39 bits per heavy atom. The van der Waals surface area contributed by atoms with Crippen molar-refractivity contribution in [3.05, 3.63) is 46.5 Å². The van der Waals surface area contributed by atoms with Gasteiger partial charge in [0.25, 0.3) is 0 Å². The molecular formula is C11H11F2NO3S. The summed E-state index contributed by atoms with van der Waals surface area (Å²) >= 11 is 0. The number of hydrogen-bond donors (Lipinski definition) is 2. The molecule has 1 saturated heterocycles. The molecule has 0 radical (unpaired) electrons. The largest absolute Gasteiger partial charge is 0.385 e. The Balaban J connectivity index is 2.20. The van der Waals surface area contributed by atoms with Crippen molar-refractivity contribution in [3.63, 3.8) is 0 Å². The molecule has 0 spiro atoms. The Kier molecular flexibility index (Phi) is 3.36. The fourth-order valence-electron chi connectivity index (χ4n) is 1.59. The molecule has 1 aromatic carbocycles. The summed E-state index contributed by atoms with van der Waals surface area (Å²) < 4.78 is 49.2. The van der Waals surface area contributed by atoms with E-state index in [1.807, 2.05) is 0 Å². The molecule has 1 fully saturated rings. The van der Waals surface area contributed by atoms with Gasteiger partial charge in [-0.1, -0.05) is 0 Å². The second kappa shape index (κ2) is 4.66. The van der Waals surface area contributed by atoms with Crippen LogP contribution in [0.5, 0.6) is 0 Å². The van der Waals surface area contributed by atoms with Crippen LogP contribution in [-0.4, -0.2) is 26.2 Å². The summed E-state index contributed by atoms with van der Waals surface area (Å²) in [5.41, 5.74) is 0.227. The van der Waals surface area contributed by atoms with Crippen molar-refractivity contribution >= 4 is 9.84 Å². The summed E-state index contributed by atoms with van der Waals surface area (Å²) in [6.45, 7) is 0.302. The molecule has 2 rings (SSSR count). The smallest absolute Gasteiger partial charge is 0.177 e. The second-order valence-corrected chi connectivity index (χ2v) is 5.90. The van der Waals surface area contributed by atoms with Crippen LogP contribution in [0.4, 0.5) is 8.78 Å². The molecule has 0 amide bonds. The molecule has 0 bridgehead atoms. The van der Waals surface area contributed by atoms with Gasteiger partial charge in [-0.2, -0.15) is 0 Å². The zero-order valence-electron chi connectivity index (χ0n) is 9.23. The van der Waals surface area contributed by atoms with Crippen molar-refractivity contribution in [1.29, 1.82) is 0 Å². The van der Waals surface area contributed by atoms with Gasteiger partial charge in [-0.05, 0) is 17.7 Å². The zero-order chi connectivity index (χ0) is 13.3. The summed E-state index contributed by atoms with van der Waals surface area (Å²) in [4.78, 5) is 0. The maximum absolute atomic E-state index is 12.9. The minimum absolute atomic E-state index is 0.0261. The Hall–Kier alpha value is -1.47. The molecule has 4 nitrogen and oxygen atoms in total. The van der Waals surface area contributed by atoms with Gasteiger partial charge in [0.2, 0.25) is 0 Å². The number of benzene rings is 1. The molecule has 1 aliphatic heterocycles. The van der Waals surface area contributed by atoms with Crippen LogP contribution in [0.15, 0.2) is 29.3 Å². The number of halogens is 2. The van der Waals surface area contributed by atoms with E-state index in [0.717, 1.165) is 17.5 Å². The van der Waals surface area contributed by atoms with Crippen LogP contribution in [0.3, 0.4) is 0 Å². The number of hydrogen-bond acceptors (Lipinski definition) is 4. The molecule has 0 aromatic heterocycles. The van der Waals surface area contributed by atoms with E-state index in [4.69, 9.17) is 0 Å². The number of nitrogens with one attached hydrogen (secondary N) is 1. The lowest BCUT2D eigenvalue weighted by Gasteiger charge is -2.26. The van der Waals surface area contributed by atoms with Crippen molar-refractivity contribution in [2.45, 2.75) is 11.9 Å². The van der Waals surface area contributed by atoms with Crippen LogP contribution < -0.4 is 5.32 Å². The van der Waals surface area contributed by atoms with E-state index in [-0.39, 0.29) is 11.3 Å². The topological polar surface area (TPSA) is 66.4 Å². The quantitative estimate of drug-likeness (QED) is 0.851. The van der Waals surface area contributed by atoms with E-state index in [2.05, 4.69) is 5.32 Å². The third-order valence-electron chi connectivity index (χ3n) is 2.46. The molecular weight excluding hydrogens is 264 g/mol. The summed E-state index contributed by atoms with van der Waals surface area (Å²) in [6, 6.07) is 2.60. The van der Waals surface area contributed by atoms with Gasteiger partial charge in [0, 0.05) is 12.6 Å². The Morgan fingerprint density at radius 1 is 1.33 bits per heavy atom. The molecule has 2 N–H and O–H groups in total. The molecule has 7 heteroatoms. The van der Waals surface area contributed by atoms with Gasteiger partial charge in [-0.15, -0.1) is 0 Å². The van der Waals surface area contributed by atoms with Crippen molar-refractivity contribution in [1.82, 2.24) is 5.32 Å². The minimum atomic E-state index is -3.68. The maximum Gasteiger partial charge on any atom is 0.177 e. The normalized spacial score (nSPS) is 21.5. The van der Waals surface area contributed by atoms with Crippen molar-refractivity contribution in [2.24, 2.45) is 0 Å². The molecule has 98 valence electrons. The molecule has 18 heavy (non-hydrogen) atoms. The van der Waals surface area contributed by atoms with Crippen LogP contribution in [-0.2, 0) is 15.6 Å². The number of rotatable bonds is 3. The molecule has 0 aliphatic carbocycles. The number of β-amino-alcohol motifs (C(OH)–C–C–N with tert-alkyl or cyclic N) is 1. The Labute approximate surface area is 103 Å². The number of sulfone groups is 1. The SMILES string of the molecule is O=S(=O)(/C=C1\NCC1O)Cc1cc(F)cc(F)c1. The lowest BCUT2D eigenvalue weighted by atomic mass is 10.2. The van der Waals surface area contributed by atoms with Gasteiger partial charge < -0.3 is 10.4 Å². The highest BCUT2D eigenvalue weighted by atomic mass is 32.2. The second-order valence-electron chi connectivity index (χ2n) is 4.05. The van der Waals surface area contributed by atoms with Crippen LogP contribution in [0, 0.1) is 11.6 Å². The first-order valence-corrected chi connectivity index (χ1v) is 6.88. The first-order chi connectivity index (χ1) is 8.35. The molecule has 1 aromatic rings. The van der Waals surface area contributed by atoms with E-state index in [1.165, 1.54) is 0 Å². The van der Waals surface area contributed by atoms with E-state index >= 15 is 0 Å². The van der Waals surface area contributed by atoms with E-state index in [0.29, 0.717) is 12.6 Å². The lowest BCUT2D eigenvalue weighted by Crippen LogP contribution is -2.44. The zero-order valence-corrected chi connectivity index (χ0v) is 10.0. The predicted octanol–water partition coefficient (Wildman–Crippen LogP) is 0.685. The van der Waals surface area contributed by atoms with Crippen molar-refractivity contribution < 1.29 is 22.3 Å². The predicted molar refractivity (Wildman–Crippen MR) is 61.1 cm³/mol. The molecule has 1 heterocycles. The van der Waals surface area contributed by atoms with Gasteiger partial charge in [0.1, 0.15) is 17.7 Å². The van der Waals surface area contributed by atoms with Gasteiger partial charge in [0.15, 0.2) is 9.84 Å². The first kappa shape index (κ1) is 13.0. The van der Waals surface area contributed by atoms with Crippen molar-refractivity contribution in [3.8, 4) is 0 Å². The standard InChI is InChI=1S/C11H11F2NO3S/c12-8-1-7(2-9(13)3-8)5-18(16,17)6-10-11(15)4-14-10/h1-3,6,11,14-15H,4-5H2/b10-6-. The number of aliphatic hydroxyl groups excluding tert-OH is 1.